The number of nitrogens with one attached hydrogen (secondary N) is 1. The van der Waals surface area contributed by atoms with Crippen LogP contribution in [0.4, 0.5) is 5.69 Å². The summed E-state index contributed by atoms with van der Waals surface area (Å²) in [6, 6.07) is 6.64. The normalized spacial score (nSPS) is 11.7. The lowest BCUT2D eigenvalue weighted by molar-refractivity contribution is -0.118. The van der Waals surface area contributed by atoms with Gasteiger partial charge in [0.15, 0.2) is 0 Å². The quantitative estimate of drug-likeness (QED) is 0.846. The molecule has 0 radical (unpaired) electrons. The smallest absolute Gasteiger partial charge is 0.227 e. The predicted molar refractivity (Wildman–Crippen MR) is 69.3 cm³/mol. The number of hydrogen-bond donors (Lipinski definition) is 2. The maximum atomic E-state index is 11.7. The van der Waals surface area contributed by atoms with Crippen molar-refractivity contribution < 1.29 is 9.53 Å². The van der Waals surface area contributed by atoms with Crippen LogP contribution >= 0.6 is 11.6 Å². The molecule has 0 bridgehead atoms. The number of nitrogens with two attached hydrogens (primary N) is 1. The SMILES string of the molecule is COC(CN)CC(=O)Nc1cc(C#N)ccc1Cl. The number of rotatable bonds is 5. The average molecular weight is 268 g/mol. The lowest BCUT2D eigenvalue weighted by Crippen LogP contribution is -2.28. The molecular weight excluding hydrogens is 254 g/mol. The van der Waals surface area contributed by atoms with E-state index in [0.29, 0.717) is 16.3 Å². The molecule has 18 heavy (non-hydrogen) atoms. The molecule has 0 aliphatic rings. The number of amides is 1. The second kappa shape index (κ2) is 6.97. The summed E-state index contributed by atoms with van der Waals surface area (Å²) in [5.41, 5.74) is 6.26. The van der Waals surface area contributed by atoms with Crippen molar-refractivity contribution in [1.29, 1.82) is 5.26 Å². The van der Waals surface area contributed by atoms with Crippen LogP contribution < -0.4 is 11.1 Å². The molecule has 96 valence electrons. The van der Waals surface area contributed by atoms with E-state index in [1.54, 1.807) is 12.1 Å². The van der Waals surface area contributed by atoms with Crippen LogP contribution in [0.5, 0.6) is 0 Å². The lowest BCUT2D eigenvalue weighted by atomic mass is 10.2. The van der Waals surface area contributed by atoms with Crippen LogP contribution in [0.2, 0.25) is 5.02 Å². The van der Waals surface area contributed by atoms with E-state index in [-0.39, 0.29) is 25.0 Å². The van der Waals surface area contributed by atoms with Crippen molar-refractivity contribution in [2.24, 2.45) is 5.73 Å². The van der Waals surface area contributed by atoms with E-state index in [4.69, 9.17) is 27.3 Å². The summed E-state index contributed by atoms with van der Waals surface area (Å²) in [7, 11) is 1.49. The van der Waals surface area contributed by atoms with E-state index < -0.39 is 0 Å². The summed E-state index contributed by atoms with van der Waals surface area (Å²) >= 11 is 5.92. The predicted octanol–water partition coefficient (Wildman–Crippen LogP) is 1.51. The zero-order valence-corrected chi connectivity index (χ0v) is 10.7. The van der Waals surface area contributed by atoms with Crippen LogP contribution in [-0.4, -0.2) is 25.7 Å². The number of nitrogens with zero attached hydrogens (tertiary/aromatic N) is 1. The zero-order chi connectivity index (χ0) is 13.5. The van der Waals surface area contributed by atoms with Crippen LogP contribution in [0.1, 0.15) is 12.0 Å². The standard InChI is InChI=1S/C12H14ClN3O2/c1-18-9(7-15)5-12(17)16-11-4-8(6-14)2-3-10(11)13/h2-4,9H,5,7,15H2,1H3,(H,16,17). The Balaban J connectivity index is 2.73. The minimum atomic E-state index is -0.331. The Morgan fingerprint density at radius 1 is 1.67 bits per heavy atom. The van der Waals surface area contributed by atoms with E-state index in [0.717, 1.165) is 0 Å². The number of ether oxygens (including phenoxy) is 1. The van der Waals surface area contributed by atoms with Gasteiger partial charge in [-0.3, -0.25) is 4.79 Å². The number of benzene rings is 1. The third-order valence-corrected chi connectivity index (χ3v) is 2.71. The van der Waals surface area contributed by atoms with Gasteiger partial charge in [0.2, 0.25) is 5.91 Å². The van der Waals surface area contributed by atoms with Crippen molar-refractivity contribution >= 4 is 23.2 Å². The van der Waals surface area contributed by atoms with Crippen molar-refractivity contribution in [1.82, 2.24) is 0 Å². The van der Waals surface area contributed by atoms with Gasteiger partial charge < -0.3 is 15.8 Å². The molecule has 0 saturated heterocycles. The molecule has 5 nitrogen and oxygen atoms in total. The largest absolute Gasteiger partial charge is 0.380 e. The van der Waals surface area contributed by atoms with Crippen LogP contribution in [0.3, 0.4) is 0 Å². The molecule has 1 aromatic rings. The molecule has 6 heteroatoms. The van der Waals surface area contributed by atoms with Gasteiger partial charge in [0.25, 0.3) is 0 Å². The first-order valence-corrected chi connectivity index (χ1v) is 5.70. The van der Waals surface area contributed by atoms with Crippen molar-refractivity contribution in [3.8, 4) is 6.07 Å². The summed E-state index contributed by atoms with van der Waals surface area (Å²) < 4.78 is 5.01. The monoisotopic (exact) mass is 267 g/mol. The van der Waals surface area contributed by atoms with Crippen molar-refractivity contribution in [3.63, 3.8) is 0 Å². The van der Waals surface area contributed by atoms with Crippen molar-refractivity contribution in [3.05, 3.63) is 28.8 Å². The molecule has 0 aliphatic heterocycles. The summed E-state index contributed by atoms with van der Waals surface area (Å²) in [6.45, 7) is 0.260. The van der Waals surface area contributed by atoms with Gasteiger partial charge in [-0.15, -0.1) is 0 Å². The molecule has 0 fully saturated rings. The fourth-order valence-corrected chi connectivity index (χ4v) is 1.53. The van der Waals surface area contributed by atoms with E-state index in [2.05, 4.69) is 5.32 Å². The first kappa shape index (κ1) is 14.5. The molecule has 1 unspecified atom stereocenters. The third-order valence-electron chi connectivity index (χ3n) is 2.38. The Labute approximate surface area is 110 Å². The highest BCUT2D eigenvalue weighted by Crippen LogP contribution is 2.23. The molecule has 1 atom stereocenters. The summed E-state index contributed by atoms with van der Waals surface area (Å²) in [5.74, 6) is -0.260. The molecule has 0 saturated carbocycles. The molecule has 1 aromatic carbocycles. The van der Waals surface area contributed by atoms with Crippen molar-refractivity contribution in [2.75, 3.05) is 19.0 Å². The first-order chi connectivity index (χ1) is 8.60. The molecule has 1 amide bonds. The maximum absolute atomic E-state index is 11.7. The Morgan fingerprint density at radius 3 is 2.94 bits per heavy atom. The highest BCUT2D eigenvalue weighted by Gasteiger charge is 2.13. The Hall–Kier alpha value is -1.61. The maximum Gasteiger partial charge on any atom is 0.227 e. The number of hydrogen-bond acceptors (Lipinski definition) is 4. The minimum absolute atomic E-state index is 0.139. The highest BCUT2D eigenvalue weighted by atomic mass is 35.5. The van der Waals surface area contributed by atoms with Crippen LogP contribution in [0, 0.1) is 11.3 Å². The molecule has 0 spiro atoms. The Kier molecular flexibility index (Phi) is 5.59. The summed E-state index contributed by atoms with van der Waals surface area (Å²) in [5, 5.41) is 11.8. The van der Waals surface area contributed by atoms with Gasteiger partial charge >= 0.3 is 0 Å². The topological polar surface area (TPSA) is 88.1 Å². The fourth-order valence-electron chi connectivity index (χ4n) is 1.36. The van der Waals surface area contributed by atoms with Gasteiger partial charge in [0.05, 0.1) is 34.9 Å². The number of carbonyl (C=O) groups is 1. The van der Waals surface area contributed by atoms with E-state index in [1.165, 1.54) is 13.2 Å². The third kappa shape index (κ3) is 4.00. The molecule has 0 aromatic heterocycles. The molecule has 3 N–H and O–H groups in total. The molecular formula is C12H14ClN3O2. The molecule has 1 rings (SSSR count). The second-order valence-corrected chi connectivity index (χ2v) is 4.06. The Bertz CT molecular complexity index is 467. The lowest BCUT2D eigenvalue weighted by Gasteiger charge is -2.13. The number of anilines is 1. The van der Waals surface area contributed by atoms with Crippen molar-refractivity contribution in [2.45, 2.75) is 12.5 Å². The van der Waals surface area contributed by atoms with E-state index >= 15 is 0 Å². The number of halogens is 1. The van der Waals surface area contributed by atoms with Gasteiger partial charge in [-0.05, 0) is 18.2 Å². The average Bonchev–Trinajstić information content (AvgIpc) is 2.38. The van der Waals surface area contributed by atoms with Gasteiger partial charge in [0.1, 0.15) is 0 Å². The van der Waals surface area contributed by atoms with Gasteiger partial charge in [-0.2, -0.15) is 5.26 Å². The minimum Gasteiger partial charge on any atom is -0.380 e. The first-order valence-electron chi connectivity index (χ1n) is 5.33. The number of nitriles is 1. The summed E-state index contributed by atoms with van der Waals surface area (Å²) in [6.07, 6.45) is -0.192. The van der Waals surface area contributed by atoms with Crippen LogP contribution in [0.15, 0.2) is 18.2 Å². The van der Waals surface area contributed by atoms with Gasteiger partial charge in [0, 0.05) is 13.7 Å². The van der Waals surface area contributed by atoms with Gasteiger partial charge in [-0.1, -0.05) is 11.6 Å². The number of methoxy groups -OCH3 is 1. The second-order valence-electron chi connectivity index (χ2n) is 3.65. The highest BCUT2D eigenvalue weighted by molar-refractivity contribution is 6.33. The van der Waals surface area contributed by atoms with E-state index in [9.17, 15) is 4.79 Å². The van der Waals surface area contributed by atoms with E-state index in [1.807, 2.05) is 6.07 Å². The van der Waals surface area contributed by atoms with Crippen LogP contribution in [-0.2, 0) is 9.53 Å². The Morgan fingerprint density at radius 2 is 2.39 bits per heavy atom. The van der Waals surface area contributed by atoms with Gasteiger partial charge in [-0.25, -0.2) is 0 Å². The number of carbonyl (C=O) groups excluding carboxylic acids is 1. The molecule has 0 heterocycles. The fraction of sp³-hybridized carbons (Fsp3) is 0.333. The van der Waals surface area contributed by atoms with Crippen LogP contribution in [0.25, 0.3) is 0 Å². The summed E-state index contributed by atoms with van der Waals surface area (Å²) in [4.78, 5) is 11.7. The zero-order valence-electron chi connectivity index (χ0n) is 9.94. The molecule has 0 aliphatic carbocycles.